The molecule has 1 heterocycles. The van der Waals surface area contributed by atoms with Gasteiger partial charge in [-0.05, 0) is 25.5 Å². The van der Waals surface area contributed by atoms with Gasteiger partial charge in [-0.15, -0.1) is 0 Å². The largest absolute Gasteiger partial charge is 0.496 e. The van der Waals surface area contributed by atoms with Crippen LogP contribution in [0.15, 0.2) is 11.8 Å². The van der Waals surface area contributed by atoms with Gasteiger partial charge in [0.2, 0.25) is 0 Å². The molecule has 0 aromatic rings. The van der Waals surface area contributed by atoms with Gasteiger partial charge in [0.05, 0.1) is 18.8 Å². The summed E-state index contributed by atoms with van der Waals surface area (Å²) in [5, 5.41) is 3.53. The maximum atomic E-state index is 5.66. The highest BCUT2D eigenvalue weighted by molar-refractivity contribution is 5.09. The second-order valence-electron chi connectivity index (χ2n) is 4.24. The van der Waals surface area contributed by atoms with Gasteiger partial charge in [0, 0.05) is 13.5 Å². The van der Waals surface area contributed by atoms with Gasteiger partial charge >= 0.3 is 0 Å². The first-order chi connectivity index (χ1) is 7.83. The highest BCUT2D eigenvalue weighted by Gasteiger charge is 2.26. The SMILES string of the molecule is CCCNC(C1=CCCO1)C(CCC)OC. The van der Waals surface area contributed by atoms with Crippen LogP contribution in [-0.4, -0.2) is 32.4 Å². The molecule has 1 N–H and O–H groups in total. The Labute approximate surface area is 99.2 Å². The zero-order valence-corrected chi connectivity index (χ0v) is 10.8. The standard InChI is InChI=1S/C13H25NO2/c1-4-7-11(15-3)13(14-9-5-2)12-8-6-10-16-12/h8,11,13-14H,4-7,9-10H2,1-3H3. The summed E-state index contributed by atoms with van der Waals surface area (Å²) in [5.41, 5.74) is 0. The predicted molar refractivity (Wildman–Crippen MR) is 66.4 cm³/mol. The van der Waals surface area contributed by atoms with Gasteiger partial charge < -0.3 is 14.8 Å². The van der Waals surface area contributed by atoms with Crippen LogP contribution in [0.1, 0.15) is 39.5 Å². The van der Waals surface area contributed by atoms with Crippen molar-refractivity contribution < 1.29 is 9.47 Å². The summed E-state index contributed by atoms with van der Waals surface area (Å²) in [5.74, 6) is 1.08. The van der Waals surface area contributed by atoms with E-state index >= 15 is 0 Å². The number of nitrogens with one attached hydrogen (secondary N) is 1. The third-order valence-electron chi connectivity index (χ3n) is 2.90. The number of hydrogen-bond acceptors (Lipinski definition) is 3. The van der Waals surface area contributed by atoms with Crippen molar-refractivity contribution in [2.75, 3.05) is 20.3 Å². The Morgan fingerprint density at radius 1 is 1.44 bits per heavy atom. The van der Waals surface area contributed by atoms with Crippen molar-refractivity contribution in [3.8, 4) is 0 Å². The van der Waals surface area contributed by atoms with Crippen LogP contribution < -0.4 is 5.32 Å². The van der Waals surface area contributed by atoms with Gasteiger partial charge in [-0.2, -0.15) is 0 Å². The first-order valence-electron chi connectivity index (χ1n) is 6.42. The molecule has 1 rings (SSSR count). The Morgan fingerprint density at radius 2 is 2.25 bits per heavy atom. The molecular weight excluding hydrogens is 202 g/mol. The molecule has 0 fully saturated rings. The normalized spacial score (nSPS) is 19.1. The average molecular weight is 227 g/mol. The molecule has 3 heteroatoms. The van der Waals surface area contributed by atoms with E-state index < -0.39 is 0 Å². The Morgan fingerprint density at radius 3 is 2.75 bits per heavy atom. The lowest BCUT2D eigenvalue weighted by atomic mass is 10.0. The van der Waals surface area contributed by atoms with E-state index in [1.165, 1.54) is 0 Å². The van der Waals surface area contributed by atoms with E-state index in [9.17, 15) is 0 Å². The van der Waals surface area contributed by atoms with Crippen LogP contribution in [0.25, 0.3) is 0 Å². The minimum atomic E-state index is 0.223. The molecule has 2 unspecified atom stereocenters. The Kier molecular flexibility index (Phi) is 6.50. The van der Waals surface area contributed by atoms with Crippen LogP contribution in [-0.2, 0) is 9.47 Å². The molecule has 0 saturated carbocycles. The summed E-state index contributed by atoms with van der Waals surface area (Å²) >= 11 is 0. The number of rotatable bonds is 8. The lowest BCUT2D eigenvalue weighted by Gasteiger charge is -2.27. The van der Waals surface area contributed by atoms with Gasteiger partial charge in [0.25, 0.3) is 0 Å². The summed E-state index contributed by atoms with van der Waals surface area (Å²) in [6.45, 7) is 6.19. The first-order valence-corrected chi connectivity index (χ1v) is 6.42. The maximum absolute atomic E-state index is 5.66. The fourth-order valence-corrected chi connectivity index (χ4v) is 2.07. The third kappa shape index (κ3) is 3.80. The van der Waals surface area contributed by atoms with Gasteiger partial charge in [-0.3, -0.25) is 0 Å². The Bertz CT molecular complexity index is 216. The van der Waals surface area contributed by atoms with Crippen LogP contribution >= 0.6 is 0 Å². The van der Waals surface area contributed by atoms with E-state index in [2.05, 4.69) is 25.2 Å². The lowest BCUT2D eigenvalue weighted by Crippen LogP contribution is -2.43. The number of ether oxygens (including phenoxy) is 2. The van der Waals surface area contributed by atoms with E-state index in [1.807, 2.05) is 0 Å². The molecule has 0 spiro atoms. The zero-order valence-electron chi connectivity index (χ0n) is 10.8. The molecule has 0 aliphatic carbocycles. The minimum absolute atomic E-state index is 0.223. The second kappa shape index (κ2) is 7.69. The molecule has 16 heavy (non-hydrogen) atoms. The summed E-state index contributed by atoms with van der Waals surface area (Å²) in [4.78, 5) is 0. The van der Waals surface area contributed by atoms with Crippen molar-refractivity contribution in [2.24, 2.45) is 0 Å². The molecule has 0 bridgehead atoms. The zero-order chi connectivity index (χ0) is 11.8. The topological polar surface area (TPSA) is 30.5 Å². The van der Waals surface area contributed by atoms with E-state index in [0.717, 1.165) is 44.6 Å². The summed E-state index contributed by atoms with van der Waals surface area (Å²) in [7, 11) is 1.79. The second-order valence-corrected chi connectivity index (χ2v) is 4.24. The van der Waals surface area contributed by atoms with E-state index in [1.54, 1.807) is 7.11 Å². The van der Waals surface area contributed by atoms with Crippen molar-refractivity contribution >= 4 is 0 Å². The van der Waals surface area contributed by atoms with Crippen LogP contribution in [0.3, 0.4) is 0 Å². The van der Waals surface area contributed by atoms with E-state index in [0.29, 0.717) is 0 Å². The fraction of sp³-hybridized carbons (Fsp3) is 0.846. The van der Waals surface area contributed by atoms with Crippen molar-refractivity contribution in [2.45, 2.75) is 51.7 Å². The van der Waals surface area contributed by atoms with Crippen molar-refractivity contribution in [3.05, 3.63) is 11.8 Å². The van der Waals surface area contributed by atoms with Crippen LogP contribution in [0.5, 0.6) is 0 Å². The molecule has 0 amide bonds. The van der Waals surface area contributed by atoms with Crippen molar-refractivity contribution in [3.63, 3.8) is 0 Å². The Balaban J connectivity index is 2.59. The van der Waals surface area contributed by atoms with Crippen molar-refractivity contribution in [1.29, 1.82) is 0 Å². The van der Waals surface area contributed by atoms with Gasteiger partial charge in [0.1, 0.15) is 5.76 Å². The van der Waals surface area contributed by atoms with Crippen LogP contribution in [0.4, 0.5) is 0 Å². The predicted octanol–water partition coefficient (Wildman–Crippen LogP) is 2.47. The van der Waals surface area contributed by atoms with E-state index in [-0.39, 0.29) is 12.1 Å². The number of methoxy groups -OCH3 is 1. The minimum Gasteiger partial charge on any atom is -0.496 e. The summed E-state index contributed by atoms with van der Waals surface area (Å²) in [6, 6.07) is 0.229. The maximum Gasteiger partial charge on any atom is 0.112 e. The molecule has 1 aliphatic rings. The smallest absolute Gasteiger partial charge is 0.112 e. The highest BCUT2D eigenvalue weighted by Crippen LogP contribution is 2.20. The third-order valence-corrected chi connectivity index (χ3v) is 2.90. The molecule has 1 aliphatic heterocycles. The van der Waals surface area contributed by atoms with Gasteiger partial charge in [-0.1, -0.05) is 20.3 Å². The Hall–Kier alpha value is -0.540. The fourth-order valence-electron chi connectivity index (χ4n) is 2.07. The molecular formula is C13H25NO2. The van der Waals surface area contributed by atoms with Crippen LogP contribution in [0.2, 0.25) is 0 Å². The first kappa shape index (κ1) is 13.5. The summed E-state index contributed by atoms with van der Waals surface area (Å²) in [6.07, 6.45) is 6.78. The molecule has 0 radical (unpaired) electrons. The van der Waals surface area contributed by atoms with Gasteiger partial charge in [-0.25, -0.2) is 0 Å². The lowest BCUT2D eigenvalue weighted by molar-refractivity contribution is 0.0518. The van der Waals surface area contributed by atoms with Crippen LogP contribution in [0, 0.1) is 0 Å². The molecule has 2 atom stereocenters. The quantitative estimate of drug-likeness (QED) is 0.691. The van der Waals surface area contributed by atoms with Crippen molar-refractivity contribution in [1.82, 2.24) is 5.32 Å². The molecule has 0 aromatic heterocycles. The van der Waals surface area contributed by atoms with E-state index in [4.69, 9.17) is 9.47 Å². The average Bonchev–Trinajstić information content (AvgIpc) is 2.81. The molecule has 3 nitrogen and oxygen atoms in total. The molecule has 94 valence electrons. The van der Waals surface area contributed by atoms with Gasteiger partial charge in [0.15, 0.2) is 0 Å². The highest BCUT2D eigenvalue weighted by atomic mass is 16.5. The summed E-state index contributed by atoms with van der Waals surface area (Å²) < 4.78 is 11.2. The monoisotopic (exact) mass is 227 g/mol. The molecule has 0 saturated heterocycles. The number of hydrogen-bond donors (Lipinski definition) is 1. The molecule has 0 aromatic carbocycles.